The minimum atomic E-state index is -0.306. The number of primary amides is 1. The number of rotatable bonds is 7. The van der Waals surface area contributed by atoms with Gasteiger partial charge in [0.2, 0.25) is 5.91 Å². The summed E-state index contributed by atoms with van der Waals surface area (Å²) >= 11 is 0. The van der Waals surface area contributed by atoms with E-state index in [9.17, 15) is 4.79 Å². The lowest BCUT2D eigenvalue weighted by atomic mass is 10.2. The Bertz CT molecular complexity index is 579. The molecule has 0 aliphatic rings. The Morgan fingerprint density at radius 2 is 1.62 bits per heavy atom. The molecule has 0 radical (unpaired) electrons. The zero-order chi connectivity index (χ0) is 14.9. The first kappa shape index (κ1) is 15.0. The van der Waals surface area contributed by atoms with E-state index in [0.29, 0.717) is 13.1 Å². The van der Waals surface area contributed by atoms with E-state index in [2.05, 4.69) is 24.3 Å². The molecule has 3 nitrogen and oxygen atoms in total. The number of carbonyl (C=O) groups is 1. The van der Waals surface area contributed by atoms with Crippen LogP contribution in [0.3, 0.4) is 0 Å². The molecule has 2 aromatic rings. The van der Waals surface area contributed by atoms with Crippen LogP contribution in [0.25, 0.3) is 6.08 Å². The molecule has 0 fully saturated rings. The summed E-state index contributed by atoms with van der Waals surface area (Å²) in [5.74, 6) is -0.306. The highest BCUT2D eigenvalue weighted by Crippen LogP contribution is 2.06. The van der Waals surface area contributed by atoms with Crippen LogP contribution in [0, 0.1) is 0 Å². The highest BCUT2D eigenvalue weighted by molar-refractivity contribution is 5.75. The van der Waals surface area contributed by atoms with E-state index in [1.54, 1.807) is 0 Å². The lowest BCUT2D eigenvalue weighted by Crippen LogP contribution is -2.33. The third kappa shape index (κ3) is 5.63. The fourth-order valence-electron chi connectivity index (χ4n) is 2.15. The molecule has 0 saturated carbocycles. The van der Waals surface area contributed by atoms with Gasteiger partial charge in [0, 0.05) is 13.1 Å². The van der Waals surface area contributed by atoms with E-state index in [1.807, 2.05) is 53.4 Å². The summed E-state index contributed by atoms with van der Waals surface area (Å²) in [6, 6.07) is 20.2. The topological polar surface area (TPSA) is 46.3 Å². The quantitative estimate of drug-likeness (QED) is 0.847. The Hall–Kier alpha value is -2.39. The molecular formula is C18H20N2O. The summed E-state index contributed by atoms with van der Waals surface area (Å²) in [5.41, 5.74) is 7.65. The van der Waals surface area contributed by atoms with Crippen molar-refractivity contribution in [3.8, 4) is 0 Å². The van der Waals surface area contributed by atoms with E-state index >= 15 is 0 Å². The third-order valence-electron chi connectivity index (χ3n) is 3.10. The van der Waals surface area contributed by atoms with Crippen LogP contribution in [-0.4, -0.2) is 23.9 Å². The van der Waals surface area contributed by atoms with Crippen LogP contribution in [0.5, 0.6) is 0 Å². The first-order chi connectivity index (χ1) is 10.2. The predicted octanol–water partition coefficient (Wildman–Crippen LogP) is 2.69. The molecule has 108 valence electrons. The summed E-state index contributed by atoms with van der Waals surface area (Å²) < 4.78 is 0. The number of amides is 1. The summed E-state index contributed by atoms with van der Waals surface area (Å²) in [7, 11) is 0. The highest BCUT2D eigenvalue weighted by atomic mass is 16.1. The lowest BCUT2D eigenvalue weighted by molar-refractivity contribution is -0.119. The maximum atomic E-state index is 11.2. The van der Waals surface area contributed by atoms with Crippen LogP contribution in [0.2, 0.25) is 0 Å². The van der Waals surface area contributed by atoms with Crippen molar-refractivity contribution in [2.75, 3.05) is 13.1 Å². The number of hydrogen-bond acceptors (Lipinski definition) is 2. The largest absolute Gasteiger partial charge is 0.369 e. The predicted molar refractivity (Wildman–Crippen MR) is 86.4 cm³/mol. The van der Waals surface area contributed by atoms with Crippen LogP contribution in [0.4, 0.5) is 0 Å². The standard InChI is InChI=1S/C18H20N2O/c19-18(21)15-20(14-17-10-5-2-6-11-17)13-7-12-16-8-3-1-4-9-16/h1-12H,13-15H2,(H2,19,21)/b12-7+. The Morgan fingerprint density at radius 3 is 2.24 bits per heavy atom. The van der Waals surface area contributed by atoms with Gasteiger partial charge in [-0.2, -0.15) is 0 Å². The zero-order valence-corrected chi connectivity index (χ0v) is 12.0. The van der Waals surface area contributed by atoms with Crippen molar-refractivity contribution in [2.24, 2.45) is 5.73 Å². The van der Waals surface area contributed by atoms with Gasteiger partial charge in [-0.05, 0) is 11.1 Å². The molecule has 2 aromatic carbocycles. The monoisotopic (exact) mass is 280 g/mol. The Balaban J connectivity index is 1.96. The molecule has 1 amide bonds. The minimum Gasteiger partial charge on any atom is -0.369 e. The summed E-state index contributed by atoms with van der Waals surface area (Å²) in [6.07, 6.45) is 4.11. The van der Waals surface area contributed by atoms with E-state index in [-0.39, 0.29) is 12.5 Å². The van der Waals surface area contributed by atoms with Crippen molar-refractivity contribution in [3.05, 3.63) is 77.9 Å². The number of nitrogens with zero attached hydrogens (tertiary/aromatic N) is 1. The van der Waals surface area contributed by atoms with Crippen molar-refractivity contribution < 1.29 is 4.79 Å². The van der Waals surface area contributed by atoms with Gasteiger partial charge >= 0.3 is 0 Å². The second kappa shape index (κ2) is 8.02. The van der Waals surface area contributed by atoms with E-state index in [0.717, 1.165) is 5.56 Å². The van der Waals surface area contributed by atoms with Gasteiger partial charge in [-0.1, -0.05) is 72.8 Å². The van der Waals surface area contributed by atoms with Crippen LogP contribution in [0.15, 0.2) is 66.7 Å². The van der Waals surface area contributed by atoms with Gasteiger partial charge in [0.25, 0.3) is 0 Å². The SMILES string of the molecule is NC(=O)CN(C/C=C/c1ccccc1)Cc1ccccc1. The zero-order valence-electron chi connectivity index (χ0n) is 12.0. The smallest absolute Gasteiger partial charge is 0.231 e. The van der Waals surface area contributed by atoms with Gasteiger partial charge in [-0.25, -0.2) is 0 Å². The lowest BCUT2D eigenvalue weighted by Gasteiger charge is -2.18. The van der Waals surface area contributed by atoms with Gasteiger partial charge in [0.05, 0.1) is 6.54 Å². The second-order valence-corrected chi connectivity index (χ2v) is 4.93. The first-order valence-corrected chi connectivity index (χ1v) is 7.00. The van der Waals surface area contributed by atoms with Crippen molar-refractivity contribution in [1.82, 2.24) is 4.90 Å². The molecule has 2 rings (SSSR count). The Morgan fingerprint density at radius 1 is 1.00 bits per heavy atom. The molecule has 0 spiro atoms. The van der Waals surface area contributed by atoms with Crippen LogP contribution >= 0.6 is 0 Å². The molecule has 0 bridgehead atoms. The van der Waals surface area contributed by atoms with Gasteiger partial charge in [-0.3, -0.25) is 9.69 Å². The summed E-state index contributed by atoms with van der Waals surface area (Å²) in [5, 5.41) is 0. The van der Waals surface area contributed by atoms with Crippen LogP contribution < -0.4 is 5.73 Å². The molecule has 0 aliphatic heterocycles. The van der Waals surface area contributed by atoms with E-state index in [4.69, 9.17) is 5.73 Å². The molecular weight excluding hydrogens is 260 g/mol. The average Bonchev–Trinajstić information content (AvgIpc) is 2.49. The van der Waals surface area contributed by atoms with Crippen LogP contribution in [-0.2, 0) is 11.3 Å². The number of hydrogen-bond donors (Lipinski definition) is 1. The number of carbonyl (C=O) groups excluding carboxylic acids is 1. The van der Waals surface area contributed by atoms with Gasteiger partial charge in [0.1, 0.15) is 0 Å². The van der Waals surface area contributed by atoms with Gasteiger partial charge in [-0.15, -0.1) is 0 Å². The van der Waals surface area contributed by atoms with E-state index in [1.165, 1.54) is 5.56 Å². The molecule has 0 aliphatic carbocycles. The normalized spacial score (nSPS) is 11.1. The van der Waals surface area contributed by atoms with Crippen molar-refractivity contribution in [2.45, 2.75) is 6.54 Å². The summed E-state index contributed by atoms with van der Waals surface area (Å²) in [6.45, 7) is 1.66. The van der Waals surface area contributed by atoms with Crippen molar-refractivity contribution in [3.63, 3.8) is 0 Å². The van der Waals surface area contributed by atoms with Gasteiger partial charge in [0.15, 0.2) is 0 Å². The highest BCUT2D eigenvalue weighted by Gasteiger charge is 2.07. The molecule has 0 saturated heterocycles. The molecule has 21 heavy (non-hydrogen) atoms. The second-order valence-electron chi connectivity index (χ2n) is 4.93. The first-order valence-electron chi connectivity index (χ1n) is 7.00. The third-order valence-corrected chi connectivity index (χ3v) is 3.10. The van der Waals surface area contributed by atoms with Crippen molar-refractivity contribution >= 4 is 12.0 Å². The van der Waals surface area contributed by atoms with E-state index < -0.39 is 0 Å². The molecule has 0 heterocycles. The fraction of sp³-hybridized carbons (Fsp3) is 0.167. The molecule has 3 heteroatoms. The molecule has 0 atom stereocenters. The Labute approximate surface area is 125 Å². The molecule has 0 unspecified atom stereocenters. The molecule has 0 aromatic heterocycles. The average molecular weight is 280 g/mol. The van der Waals surface area contributed by atoms with Crippen molar-refractivity contribution in [1.29, 1.82) is 0 Å². The number of nitrogens with two attached hydrogens (primary N) is 1. The fourth-order valence-corrected chi connectivity index (χ4v) is 2.15. The minimum absolute atomic E-state index is 0.258. The number of benzene rings is 2. The van der Waals surface area contributed by atoms with Gasteiger partial charge < -0.3 is 5.73 Å². The van der Waals surface area contributed by atoms with Crippen LogP contribution in [0.1, 0.15) is 11.1 Å². The Kier molecular flexibility index (Phi) is 5.73. The maximum Gasteiger partial charge on any atom is 0.231 e. The maximum absolute atomic E-state index is 11.2. The summed E-state index contributed by atoms with van der Waals surface area (Å²) in [4.78, 5) is 13.2. The molecule has 2 N–H and O–H groups in total.